The molecule has 0 bridgehead atoms. The number of ether oxygens (including phenoxy) is 2. The van der Waals surface area contributed by atoms with Crippen molar-refractivity contribution in [3.63, 3.8) is 0 Å². The second-order valence-corrected chi connectivity index (χ2v) is 4.77. The Labute approximate surface area is 90.5 Å². The average molecular weight is 216 g/mol. The molecule has 1 rings (SSSR count). The Morgan fingerprint density at radius 2 is 2.27 bits per heavy atom. The lowest BCUT2D eigenvalue weighted by molar-refractivity contribution is 0.0104. The molecular formula is C10H20N2O3. The first-order chi connectivity index (χ1) is 6.88. The largest absolute Gasteiger partial charge is 0.443 e. The smallest absolute Gasteiger partial charge is 0.424 e. The molecule has 0 aromatic rings. The average Bonchev–Trinajstić information content (AvgIpc) is 2.53. The number of hydrogen-bond donors (Lipinski definition) is 1. The van der Waals surface area contributed by atoms with Gasteiger partial charge in [0.15, 0.2) is 0 Å². The van der Waals surface area contributed by atoms with Crippen LogP contribution in [0.25, 0.3) is 0 Å². The fraction of sp³-hybridized carbons (Fsp3) is 0.900. The molecule has 15 heavy (non-hydrogen) atoms. The van der Waals surface area contributed by atoms with Crippen molar-refractivity contribution in [3.8, 4) is 0 Å². The number of amides is 1. The first-order valence-corrected chi connectivity index (χ1v) is 5.25. The van der Waals surface area contributed by atoms with Crippen LogP contribution in [0.15, 0.2) is 0 Å². The molecule has 0 aromatic carbocycles. The number of nitrogens with zero attached hydrogens (tertiary/aromatic N) is 1. The number of rotatable bonds is 2. The molecule has 0 spiro atoms. The minimum absolute atomic E-state index is 0.0579. The lowest BCUT2D eigenvalue weighted by atomic mass is 10.2. The monoisotopic (exact) mass is 216 g/mol. The highest BCUT2D eigenvalue weighted by Gasteiger charge is 2.24. The van der Waals surface area contributed by atoms with E-state index in [-0.39, 0.29) is 6.10 Å². The van der Waals surface area contributed by atoms with Crippen LogP contribution in [0, 0.1) is 0 Å². The molecule has 5 heteroatoms. The van der Waals surface area contributed by atoms with Crippen LogP contribution in [0.2, 0.25) is 0 Å². The van der Waals surface area contributed by atoms with E-state index >= 15 is 0 Å². The summed E-state index contributed by atoms with van der Waals surface area (Å²) < 4.78 is 10.5. The first kappa shape index (κ1) is 12.3. The van der Waals surface area contributed by atoms with Gasteiger partial charge in [-0.25, -0.2) is 15.6 Å². The van der Waals surface area contributed by atoms with Crippen molar-refractivity contribution in [1.82, 2.24) is 5.01 Å². The number of carbonyl (C=O) groups excluding carboxylic acids is 1. The number of carbonyl (C=O) groups is 1. The van der Waals surface area contributed by atoms with Gasteiger partial charge in [-0.15, -0.1) is 0 Å². The van der Waals surface area contributed by atoms with Crippen LogP contribution >= 0.6 is 0 Å². The van der Waals surface area contributed by atoms with Gasteiger partial charge in [-0.3, -0.25) is 0 Å². The molecule has 1 saturated heterocycles. The highest BCUT2D eigenvalue weighted by Crippen LogP contribution is 2.14. The molecule has 1 aliphatic rings. The molecule has 2 N–H and O–H groups in total. The van der Waals surface area contributed by atoms with Gasteiger partial charge in [-0.2, -0.15) is 0 Å². The SMILES string of the molecule is CC(C)(C)OC(=O)N(N)CC1CCCO1. The van der Waals surface area contributed by atoms with E-state index in [1.54, 1.807) is 0 Å². The van der Waals surface area contributed by atoms with E-state index < -0.39 is 11.7 Å². The van der Waals surface area contributed by atoms with E-state index in [2.05, 4.69) is 0 Å². The molecule has 1 unspecified atom stereocenters. The van der Waals surface area contributed by atoms with Crippen molar-refractivity contribution >= 4 is 6.09 Å². The summed E-state index contributed by atoms with van der Waals surface area (Å²) in [6.45, 7) is 6.59. The van der Waals surface area contributed by atoms with E-state index in [1.807, 2.05) is 20.8 Å². The van der Waals surface area contributed by atoms with Crippen LogP contribution < -0.4 is 5.84 Å². The number of hydrazine groups is 1. The molecule has 1 amide bonds. The van der Waals surface area contributed by atoms with Gasteiger partial charge in [0.1, 0.15) is 5.60 Å². The summed E-state index contributed by atoms with van der Waals surface area (Å²) in [5, 5.41) is 1.08. The lowest BCUT2D eigenvalue weighted by Crippen LogP contribution is -2.45. The Balaban J connectivity index is 2.32. The maximum Gasteiger partial charge on any atom is 0.424 e. The van der Waals surface area contributed by atoms with E-state index in [0.29, 0.717) is 6.54 Å². The molecule has 0 aliphatic carbocycles. The molecule has 5 nitrogen and oxygen atoms in total. The Morgan fingerprint density at radius 1 is 1.60 bits per heavy atom. The van der Waals surface area contributed by atoms with E-state index in [0.717, 1.165) is 24.5 Å². The molecule has 0 radical (unpaired) electrons. The van der Waals surface area contributed by atoms with Crippen LogP contribution in [0.1, 0.15) is 33.6 Å². The molecule has 1 fully saturated rings. The summed E-state index contributed by atoms with van der Waals surface area (Å²) >= 11 is 0. The third-order valence-corrected chi connectivity index (χ3v) is 2.05. The van der Waals surface area contributed by atoms with Gasteiger partial charge in [0, 0.05) is 6.61 Å². The van der Waals surface area contributed by atoms with Gasteiger partial charge in [0.25, 0.3) is 0 Å². The number of nitrogens with two attached hydrogens (primary N) is 1. The standard InChI is InChI=1S/C10H20N2O3/c1-10(2,3)15-9(13)12(11)7-8-5-4-6-14-8/h8H,4-7,11H2,1-3H3. The zero-order chi connectivity index (χ0) is 11.5. The zero-order valence-electron chi connectivity index (χ0n) is 9.66. The summed E-state index contributed by atoms with van der Waals surface area (Å²) in [4.78, 5) is 11.5. The van der Waals surface area contributed by atoms with Crippen molar-refractivity contribution in [2.24, 2.45) is 5.84 Å². The third kappa shape index (κ3) is 4.48. The van der Waals surface area contributed by atoms with Gasteiger partial charge in [-0.05, 0) is 33.6 Å². The van der Waals surface area contributed by atoms with Crippen LogP contribution in [0.4, 0.5) is 4.79 Å². The van der Waals surface area contributed by atoms with Gasteiger partial charge >= 0.3 is 6.09 Å². The van der Waals surface area contributed by atoms with Crippen molar-refractivity contribution in [2.75, 3.05) is 13.2 Å². The predicted octanol–water partition coefficient (Wildman–Crippen LogP) is 1.28. The predicted molar refractivity (Wildman–Crippen MR) is 56.1 cm³/mol. The van der Waals surface area contributed by atoms with Crippen molar-refractivity contribution < 1.29 is 14.3 Å². The Bertz CT molecular complexity index is 219. The number of hydrogen-bond acceptors (Lipinski definition) is 4. The molecule has 0 saturated carbocycles. The summed E-state index contributed by atoms with van der Waals surface area (Å²) in [5.41, 5.74) is -0.509. The van der Waals surface area contributed by atoms with Gasteiger partial charge in [0.2, 0.25) is 0 Å². The fourth-order valence-corrected chi connectivity index (χ4v) is 1.40. The minimum atomic E-state index is -0.509. The van der Waals surface area contributed by atoms with Crippen LogP contribution in [-0.4, -0.2) is 36.0 Å². The van der Waals surface area contributed by atoms with Crippen LogP contribution in [0.3, 0.4) is 0 Å². The van der Waals surface area contributed by atoms with Gasteiger partial charge < -0.3 is 9.47 Å². The molecule has 0 aromatic heterocycles. The van der Waals surface area contributed by atoms with Crippen molar-refractivity contribution in [1.29, 1.82) is 0 Å². The Hall–Kier alpha value is -0.810. The topological polar surface area (TPSA) is 64.8 Å². The summed E-state index contributed by atoms with van der Waals surface area (Å²) in [6, 6.07) is 0. The second kappa shape index (κ2) is 4.81. The quantitative estimate of drug-likeness (QED) is 0.429. The molecule has 88 valence electrons. The second-order valence-electron chi connectivity index (χ2n) is 4.77. The third-order valence-electron chi connectivity index (χ3n) is 2.05. The van der Waals surface area contributed by atoms with Gasteiger partial charge in [-0.1, -0.05) is 0 Å². The highest BCUT2D eigenvalue weighted by molar-refractivity contribution is 5.67. The van der Waals surface area contributed by atoms with E-state index in [1.165, 1.54) is 0 Å². The Morgan fingerprint density at radius 3 is 2.73 bits per heavy atom. The normalized spacial score (nSPS) is 21.5. The summed E-state index contributed by atoms with van der Waals surface area (Å²) in [7, 11) is 0. The lowest BCUT2D eigenvalue weighted by Gasteiger charge is -2.25. The maximum absolute atomic E-state index is 11.5. The fourth-order valence-electron chi connectivity index (χ4n) is 1.40. The molecule has 1 heterocycles. The maximum atomic E-state index is 11.5. The molecule has 1 atom stereocenters. The first-order valence-electron chi connectivity index (χ1n) is 5.25. The van der Waals surface area contributed by atoms with E-state index in [9.17, 15) is 4.79 Å². The van der Waals surface area contributed by atoms with Crippen LogP contribution in [-0.2, 0) is 9.47 Å². The Kier molecular flexibility index (Phi) is 3.93. The molecular weight excluding hydrogens is 196 g/mol. The summed E-state index contributed by atoms with van der Waals surface area (Å²) in [5.74, 6) is 5.58. The van der Waals surface area contributed by atoms with E-state index in [4.69, 9.17) is 15.3 Å². The van der Waals surface area contributed by atoms with Crippen LogP contribution in [0.5, 0.6) is 0 Å². The summed E-state index contributed by atoms with van der Waals surface area (Å²) in [6.07, 6.45) is 1.55. The highest BCUT2D eigenvalue weighted by atomic mass is 16.6. The zero-order valence-corrected chi connectivity index (χ0v) is 9.66. The van der Waals surface area contributed by atoms with Crippen molar-refractivity contribution in [3.05, 3.63) is 0 Å². The molecule has 1 aliphatic heterocycles. The van der Waals surface area contributed by atoms with Gasteiger partial charge in [0.05, 0.1) is 12.6 Å². The minimum Gasteiger partial charge on any atom is -0.443 e. The van der Waals surface area contributed by atoms with Crippen molar-refractivity contribution in [2.45, 2.75) is 45.3 Å².